The average molecular weight is 262 g/mol. The molecule has 1 aliphatic rings. The van der Waals surface area contributed by atoms with E-state index in [0.29, 0.717) is 11.5 Å². The summed E-state index contributed by atoms with van der Waals surface area (Å²) in [5.74, 6) is 2.83. The van der Waals surface area contributed by atoms with Crippen molar-refractivity contribution in [3.8, 4) is 0 Å². The number of nitrogens with one attached hydrogen (secondary N) is 2. The van der Waals surface area contributed by atoms with Crippen LogP contribution in [-0.4, -0.2) is 23.1 Å². The van der Waals surface area contributed by atoms with Crippen LogP contribution in [-0.2, 0) is 6.42 Å². The van der Waals surface area contributed by atoms with Gasteiger partial charge in [0.25, 0.3) is 0 Å². The van der Waals surface area contributed by atoms with Gasteiger partial charge in [-0.2, -0.15) is 0 Å². The number of rotatable bonds is 4. The lowest BCUT2D eigenvalue weighted by Crippen LogP contribution is -2.31. The maximum absolute atomic E-state index is 4.67. The third-order valence-electron chi connectivity index (χ3n) is 4.31. The molecule has 1 aromatic heterocycles. The van der Waals surface area contributed by atoms with Gasteiger partial charge in [0, 0.05) is 25.1 Å². The number of aromatic nitrogens is 2. The highest BCUT2D eigenvalue weighted by Gasteiger charge is 2.34. The van der Waals surface area contributed by atoms with E-state index in [-0.39, 0.29) is 0 Å². The summed E-state index contributed by atoms with van der Waals surface area (Å²) in [6.45, 7) is 8.85. The van der Waals surface area contributed by atoms with Gasteiger partial charge in [0.05, 0.1) is 0 Å². The fourth-order valence-corrected chi connectivity index (χ4v) is 2.86. The lowest BCUT2D eigenvalue weighted by Gasteiger charge is -2.29. The van der Waals surface area contributed by atoms with Gasteiger partial charge in [0.15, 0.2) is 0 Å². The standard InChI is InChI=1S/C15H26N4/c1-6-12-18-13(16-5)10(2)14(19-12)17-11-8-7-9-15(11,3)4/h11H,6-9H2,1-5H3,(H2,16,17,18,19). The average Bonchev–Trinajstić information content (AvgIpc) is 2.71. The molecule has 4 heteroatoms. The molecule has 1 aliphatic carbocycles. The Morgan fingerprint density at radius 3 is 2.47 bits per heavy atom. The van der Waals surface area contributed by atoms with E-state index in [0.717, 1.165) is 29.4 Å². The fraction of sp³-hybridized carbons (Fsp3) is 0.733. The summed E-state index contributed by atoms with van der Waals surface area (Å²) in [6.07, 6.45) is 4.67. The van der Waals surface area contributed by atoms with Crippen molar-refractivity contribution in [1.82, 2.24) is 9.97 Å². The van der Waals surface area contributed by atoms with Crippen LogP contribution in [0.5, 0.6) is 0 Å². The smallest absolute Gasteiger partial charge is 0.135 e. The maximum Gasteiger partial charge on any atom is 0.135 e. The highest BCUT2D eigenvalue weighted by atomic mass is 15.1. The van der Waals surface area contributed by atoms with Gasteiger partial charge in [-0.05, 0) is 25.2 Å². The summed E-state index contributed by atoms with van der Waals surface area (Å²) >= 11 is 0. The largest absolute Gasteiger partial charge is 0.373 e. The molecule has 0 radical (unpaired) electrons. The second-order valence-electron chi connectivity index (χ2n) is 6.14. The van der Waals surface area contributed by atoms with Crippen LogP contribution in [0.4, 0.5) is 11.6 Å². The second-order valence-corrected chi connectivity index (χ2v) is 6.14. The van der Waals surface area contributed by atoms with Gasteiger partial charge < -0.3 is 10.6 Å². The van der Waals surface area contributed by atoms with Crippen molar-refractivity contribution in [3.63, 3.8) is 0 Å². The van der Waals surface area contributed by atoms with E-state index in [1.54, 1.807) is 0 Å². The molecule has 1 fully saturated rings. The molecule has 1 aromatic rings. The zero-order chi connectivity index (χ0) is 14.0. The van der Waals surface area contributed by atoms with E-state index in [4.69, 9.17) is 0 Å². The molecule has 0 amide bonds. The Hall–Kier alpha value is -1.32. The highest BCUT2D eigenvalue weighted by molar-refractivity contribution is 5.57. The molecule has 0 bridgehead atoms. The summed E-state index contributed by atoms with van der Waals surface area (Å²) in [4.78, 5) is 9.18. The number of hydrogen-bond acceptors (Lipinski definition) is 4. The Bertz CT molecular complexity index is 454. The molecule has 1 atom stereocenters. The Labute approximate surface area is 116 Å². The third-order valence-corrected chi connectivity index (χ3v) is 4.31. The van der Waals surface area contributed by atoms with Crippen molar-refractivity contribution in [3.05, 3.63) is 11.4 Å². The van der Waals surface area contributed by atoms with E-state index in [1.165, 1.54) is 19.3 Å². The number of aryl methyl sites for hydroxylation is 1. The highest BCUT2D eigenvalue weighted by Crippen LogP contribution is 2.39. The van der Waals surface area contributed by atoms with Crippen LogP contribution in [0.25, 0.3) is 0 Å². The molecule has 4 nitrogen and oxygen atoms in total. The van der Waals surface area contributed by atoms with Crippen molar-refractivity contribution in [2.75, 3.05) is 17.7 Å². The van der Waals surface area contributed by atoms with E-state index < -0.39 is 0 Å². The summed E-state index contributed by atoms with van der Waals surface area (Å²) < 4.78 is 0. The summed E-state index contributed by atoms with van der Waals surface area (Å²) in [7, 11) is 1.91. The van der Waals surface area contributed by atoms with Gasteiger partial charge in [-0.1, -0.05) is 27.2 Å². The Kier molecular flexibility index (Phi) is 3.97. The van der Waals surface area contributed by atoms with Crippen molar-refractivity contribution in [1.29, 1.82) is 0 Å². The molecule has 19 heavy (non-hydrogen) atoms. The zero-order valence-corrected chi connectivity index (χ0v) is 12.8. The predicted octanol–water partition coefficient (Wildman–Crippen LogP) is 3.38. The molecule has 1 heterocycles. The van der Waals surface area contributed by atoms with Crippen LogP contribution in [0.2, 0.25) is 0 Å². The van der Waals surface area contributed by atoms with Gasteiger partial charge in [0.1, 0.15) is 17.5 Å². The molecule has 2 N–H and O–H groups in total. The van der Waals surface area contributed by atoms with Gasteiger partial charge in [-0.25, -0.2) is 9.97 Å². The van der Waals surface area contributed by atoms with E-state index in [9.17, 15) is 0 Å². The minimum atomic E-state index is 0.351. The summed E-state index contributed by atoms with van der Waals surface area (Å²) in [5, 5.41) is 6.82. The maximum atomic E-state index is 4.67. The zero-order valence-electron chi connectivity index (χ0n) is 12.8. The molecule has 1 unspecified atom stereocenters. The molecule has 1 saturated carbocycles. The van der Waals surface area contributed by atoms with Gasteiger partial charge >= 0.3 is 0 Å². The van der Waals surface area contributed by atoms with E-state index in [2.05, 4.69) is 48.3 Å². The van der Waals surface area contributed by atoms with Gasteiger partial charge in [-0.3, -0.25) is 0 Å². The molecule has 0 spiro atoms. The monoisotopic (exact) mass is 262 g/mol. The molecule has 0 aromatic carbocycles. The van der Waals surface area contributed by atoms with Crippen LogP contribution in [0.1, 0.15) is 51.4 Å². The van der Waals surface area contributed by atoms with Crippen LogP contribution < -0.4 is 10.6 Å². The molecular weight excluding hydrogens is 236 g/mol. The Morgan fingerprint density at radius 1 is 1.26 bits per heavy atom. The van der Waals surface area contributed by atoms with Crippen molar-refractivity contribution in [2.24, 2.45) is 5.41 Å². The van der Waals surface area contributed by atoms with Crippen molar-refractivity contribution in [2.45, 2.75) is 59.4 Å². The lowest BCUT2D eigenvalue weighted by molar-refractivity contribution is 0.349. The first-order valence-electron chi connectivity index (χ1n) is 7.29. The summed E-state index contributed by atoms with van der Waals surface area (Å²) in [5.41, 5.74) is 1.46. The first-order chi connectivity index (χ1) is 8.97. The third kappa shape index (κ3) is 2.82. The number of nitrogens with zero attached hydrogens (tertiary/aromatic N) is 2. The SMILES string of the molecule is CCc1nc(NC)c(C)c(NC2CCCC2(C)C)n1. The predicted molar refractivity (Wildman–Crippen MR) is 80.7 cm³/mol. The van der Waals surface area contributed by atoms with E-state index >= 15 is 0 Å². The topological polar surface area (TPSA) is 49.8 Å². The quantitative estimate of drug-likeness (QED) is 0.873. The first-order valence-corrected chi connectivity index (χ1v) is 7.29. The van der Waals surface area contributed by atoms with Crippen LogP contribution >= 0.6 is 0 Å². The number of anilines is 2. The molecule has 0 saturated heterocycles. The van der Waals surface area contributed by atoms with Gasteiger partial charge in [0.2, 0.25) is 0 Å². The molecule has 2 rings (SSSR count). The van der Waals surface area contributed by atoms with Crippen LogP contribution in [0.15, 0.2) is 0 Å². The normalized spacial score (nSPS) is 21.4. The minimum Gasteiger partial charge on any atom is -0.373 e. The van der Waals surface area contributed by atoms with Gasteiger partial charge in [-0.15, -0.1) is 0 Å². The Morgan fingerprint density at radius 2 is 1.95 bits per heavy atom. The fourth-order valence-electron chi connectivity index (χ4n) is 2.86. The number of hydrogen-bond donors (Lipinski definition) is 2. The lowest BCUT2D eigenvalue weighted by atomic mass is 9.87. The molecule has 0 aliphatic heterocycles. The second kappa shape index (κ2) is 5.35. The van der Waals surface area contributed by atoms with Crippen LogP contribution in [0, 0.1) is 12.3 Å². The Balaban J connectivity index is 2.29. The first kappa shape index (κ1) is 14.1. The van der Waals surface area contributed by atoms with E-state index in [1.807, 2.05) is 7.05 Å². The molecule has 106 valence electrons. The van der Waals surface area contributed by atoms with Crippen molar-refractivity contribution < 1.29 is 0 Å². The summed E-state index contributed by atoms with van der Waals surface area (Å²) in [6, 6.07) is 0.510. The minimum absolute atomic E-state index is 0.351. The molecular formula is C15H26N4. The van der Waals surface area contributed by atoms with Crippen molar-refractivity contribution >= 4 is 11.6 Å². The van der Waals surface area contributed by atoms with Crippen LogP contribution in [0.3, 0.4) is 0 Å².